The minimum atomic E-state index is 0.123. The highest BCUT2D eigenvalue weighted by molar-refractivity contribution is 9.10. The van der Waals surface area contributed by atoms with Crippen molar-refractivity contribution >= 4 is 31.9 Å². The van der Waals surface area contributed by atoms with Gasteiger partial charge in [-0.25, -0.2) is 4.68 Å². The Morgan fingerprint density at radius 3 is 2.53 bits per heavy atom. The van der Waals surface area contributed by atoms with Crippen molar-refractivity contribution in [2.75, 3.05) is 0 Å². The first-order valence-electron chi connectivity index (χ1n) is 6.09. The van der Waals surface area contributed by atoms with E-state index in [1.54, 1.807) is 6.20 Å². The molecule has 0 bridgehead atoms. The summed E-state index contributed by atoms with van der Waals surface area (Å²) >= 11 is 7.02. The molecule has 3 nitrogen and oxygen atoms in total. The lowest BCUT2D eigenvalue weighted by Crippen LogP contribution is -2.35. The number of benzene rings is 1. The Bertz CT molecular complexity index is 570. The zero-order valence-corrected chi connectivity index (χ0v) is 14.4. The van der Waals surface area contributed by atoms with E-state index in [1.807, 2.05) is 10.9 Å². The van der Waals surface area contributed by atoms with Crippen molar-refractivity contribution in [2.45, 2.75) is 32.9 Å². The van der Waals surface area contributed by atoms with Gasteiger partial charge in [-0.1, -0.05) is 6.07 Å². The average Bonchev–Trinajstić information content (AvgIpc) is 2.72. The molecule has 2 aromatic rings. The number of rotatable bonds is 3. The summed E-state index contributed by atoms with van der Waals surface area (Å²) in [4.78, 5) is 0. The van der Waals surface area contributed by atoms with Crippen LogP contribution >= 0.6 is 31.9 Å². The van der Waals surface area contributed by atoms with Crippen molar-refractivity contribution in [3.63, 3.8) is 0 Å². The van der Waals surface area contributed by atoms with Gasteiger partial charge in [0.1, 0.15) is 0 Å². The van der Waals surface area contributed by atoms with Crippen molar-refractivity contribution in [1.29, 1.82) is 0 Å². The summed E-state index contributed by atoms with van der Waals surface area (Å²) in [7, 11) is 0. The highest BCUT2D eigenvalue weighted by atomic mass is 79.9. The van der Waals surface area contributed by atoms with Crippen molar-refractivity contribution in [3.05, 3.63) is 45.1 Å². The van der Waals surface area contributed by atoms with E-state index in [9.17, 15) is 0 Å². The second kappa shape index (κ2) is 5.77. The van der Waals surface area contributed by atoms with Crippen LogP contribution in [0.1, 0.15) is 26.3 Å². The van der Waals surface area contributed by atoms with Crippen LogP contribution < -0.4 is 5.32 Å². The van der Waals surface area contributed by atoms with Crippen LogP contribution in [0.4, 0.5) is 0 Å². The highest BCUT2D eigenvalue weighted by Crippen LogP contribution is 2.23. The Hall–Kier alpha value is -0.650. The van der Waals surface area contributed by atoms with Crippen LogP contribution in [0.5, 0.6) is 0 Å². The maximum atomic E-state index is 4.29. The number of aromatic nitrogens is 2. The molecule has 1 N–H and O–H groups in total. The predicted octanol–water partition coefficient (Wildman–Crippen LogP) is 4.29. The van der Waals surface area contributed by atoms with Gasteiger partial charge in [-0.3, -0.25) is 0 Å². The lowest BCUT2D eigenvalue weighted by atomic mass is 10.1. The van der Waals surface area contributed by atoms with Crippen LogP contribution in [0.3, 0.4) is 0 Å². The molecule has 0 fully saturated rings. The Balaban J connectivity index is 2.18. The van der Waals surface area contributed by atoms with Crippen molar-refractivity contribution in [2.24, 2.45) is 0 Å². The standard InChI is InChI=1S/C14H17Br2N3/c1-14(2,3)17-7-10-4-5-13(12(16)6-10)19-9-11(15)8-18-19/h4-6,8-9,17H,7H2,1-3H3. The number of nitrogens with zero attached hydrogens (tertiary/aromatic N) is 2. The van der Waals surface area contributed by atoms with Gasteiger partial charge in [-0.2, -0.15) is 5.10 Å². The zero-order chi connectivity index (χ0) is 14.0. The van der Waals surface area contributed by atoms with E-state index in [0.717, 1.165) is 21.2 Å². The summed E-state index contributed by atoms with van der Waals surface area (Å²) < 4.78 is 3.85. The maximum absolute atomic E-state index is 4.29. The predicted molar refractivity (Wildman–Crippen MR) is 85.6 cm³/mol. The molecule has 0 radical (unpaired) electrons. The van der Waals surface area contributed by atoms with E-state index in [2.05, 4.69) is 81.2 Å². The quantitative estimate of drug-likeness (QED) is 0.852. The van der Waals surface area contributed by atoms with E-state index < -0.39 is 0 Å². The van der Waals surface area contributed by atoms with Crippen LogP contribution in [0.15, 0.2) is 39.5 Å². The smallest absolute Gasteiger partial charge is 0.0788 e. The molecule has 1 aromatic carbocycles. The number of nitrogens with one attached hydrogen (secondary N) is 1. The molecule has 19 heavy (non-hydrogen) atoms. The Labute approximate surface area is 130 Å². The molecule has 102 valence electrons. The fraction of sp³-hybridized carbons (Fsp3) is 0.357. The molecule has 0 aliphatic heterocycles. The van der Waals surface area contributed by atoms with Crippen LogP contribution in [0, 0.1) is 0 Å². The topological polar surface area (TPSA) is 29.9 Å². The first-order chi connectivity index (χ1) is 8.85. The van der Waals surface area contributed by atoms with E-state index in [4.69, 9.17) is 0 Å². The van der Waals surface area contributed by atoms with Crippen LogP contribution in [-0.4, -0.2) is 15.3 Å². The normalized spacial score (nSPS) is 11.8. The Morgan fingerprint density at radius 1 is 1.26 bits per heavy atom. The molecule has 0 aliphatic carbocycles. The first-order valence-corrected chi connectivity index (χ1v) is 7.68. The SMILES string of the molecule is CC(C)(C)NCc1ccc(-n2cc(Br)cn2)c(Br)c1. The molecular formula is C14H17Br2N3. The second-order valence-corrected chi connectivity index (χ2v) is 7.26. The second-order valence-electron chi connectivity index (χ2n) is 5.49. The average molecular weight is 387 g/mol. The molecule has 1 heterocycles. The van der Waals surface area contributed by atoms with E-state index in [-0.39, 0.29) is 5.54 Å². The lowest BCUT2D eigenvalue weighted by Gasteiger charge is -2.20. The van der Waals surface area contributed by atoms with E-state index in [1.165, 1.54) is 5.56 Å². The minimum Gasteiger partial charge on any atom is -0.308 e. The first kappa shape index (κ1) is 14.8. The Morgan fingerprint density at radius 2 is 2.00 bits per heavy atom. The maximum Gasteiger partial charge on any atom is 0.0788 e. The molecule has 0 aliphatic rings. The van der Waals surface area contributed by atoms with Crippen molar-refractivity contribution in [3.8, 4) is 5.69 Å². The van der Waals surface area contributed by atoms with Gasteiger partial charge in [0.25, 0.3) is 0 Å². The van der Waals surface area contributed by atoms with Crippen molar-refractivity contribution in [1.82, 2.24) is 15.1 Å². The monoisotopic (exact) mass is 385 g/mol. The van der Waals surface area contributed by atoms with Gasteiger partial charge in [-0.05, 0) is 70.3 Å². The molecule has 0 atom stereocenters. The van der Waals surface area contributed by atoms with E-state index in [0.29, 0.717) is 0 Å². The Kier molecular flexibility index (Phi) is 4.48. The summed E-state index contributed by atoms with van der Waals surface area (Å²) in [6, 6.07) is 6.32. The number of halogens is 2. The number of hydrogen-bond acceptors (Lipinski definition) is 2. The van der Waals surface area contributed by atoms with Crippen LogP contribution in [0.2, 0.25) is 0 Å². The third-order valence-electron chi connectivity index (χ3n) is 2.63. The van der Waals surface area contributed by atoms with E-state index >= 15 is 0 Å². The molecule has 1 aromatic heterocycles. The fourth-order valence-corrected chi connectivity index (χ4v) is 2.54. The highest BCUT2D eigenvalue weighted by Gasteiger charge is 2.10. The summed E-state index contributed by atoms with van der Waals surface area (Å²) in [6.07, 6.45) is 3.72. The third kappa shape index (κ3) is 4.16. The molecule has 5 heteroatoms. The molecular weight excluding hydrogens is 370 g/mol. The fourth-order valence-electron chi connectivity index (χ4n) is 1.65. The summed E-state index contributed by atoms with van der Waals surface area (Å²) in [5, 5.41) is 7.76. The summed E-state index contributed by atoms with van der Waals surface area (Å²) in [5.41, 5.74) is 2.40. The summed E-state index contributed by atoms with van der Waals surface area (Å²) in [5.74, 6) is 0. The van der Waals surface area contributed by atoms with Gasteiger partial charge >= 0.3 is 0 Å². The third-order valence-corrected chi connectivity index (χ3v) is 3.68. The molecule has 0 saturated carbocycles. The van der Waals surface area contributed by atoms with Crippen LogP contribution in [-0.2, 0) is 6.54 Å². The largest absolute Gasteiger partial charge is 0.308 e. The van der Waals surface area contributed by atoms with Crippen molar-refractivity contribution < 1.29 is 0 Å². The number of hydrogen-bond donors (Lipinski definition) is 1. The van der Waals surface area contributed by atoms with Gasteiger partial charge in [0.2, 0.25) is 0 Å². The summed E-state index contributed by atoms with van der Waals surface area (Å²) in [6.45, 7) is 7.35. The molecule has 0 spiro atoms. The zero-order valence-electron chi connectivity index (χ0n) is 11.2. The molecule has 0 saturated heterocycles. The van der Waals surface area contributed by atoms with Gasteiger partial charge in [-0.15, -0.1) is 0 Å². The molecule has 0 amide bonds. The van der Waals surface area contributed by atoms with Gasteiger partial charge < -0.3 is 5.32 Å². The molecule has 2 rings (SSSR count). The van der Waals surface area contributed by atoms with Gasteiger partial charge in [0.05, 0.1) is 16.4 Å². The lowest BCUT2D eigenvalue weighted by molar-refractivity contribution is 0.424. The minimum absolute atomic E-state index is 0.123. The van der Waals surface area contributed by atoms with Gasteiger partial charge in [0.15, 0.2) is 0 Å². The van der Waals surface area contributed by atoms with Crippen LogP contribution in [0.25, 0.3) is 5.69 Å². The van der Waals surface area contributed by atoms with Gasteiger partial charge in [0, 0.05) is 22.8 Å². The molecule has 0 unspecified atom stereocenters.